The normalized spacial score (nSPS) is 19.2. The van der Waals surface area contributed by atoms with Crippen molar-refractivity contribution >= 4 is 5.91 Å². The van der Waals surface area contributed by atoms with Gasteiger partial charge in [-0.25, -0.2) is 0 Å². The van der Waals surface area contributed by atoms with Crippen molar-refractivity contribution in [3.8, 4) is 17.2 Å². The first-order valence-electron chi connectivity index (χ1n) is 10.2. The summed E-state index contributed by atoms with van der Waals surface area (Å²) in [6.07, 6.45) is 4.26. The number of rotatable bonds is 8. The molecule has 3 rings (SSSR count). The van der Waals surface area contributed by atoms with Gasteiger partial charge in [-0.3, -0.25) is 14.7 Å². The molecule has 1 amide bonds. The zero-order chi connectivity index (χ0) is 21.5. The van der Waals surface area contributed by atoms with Crippen LogP contribution in [0.25, 0.3) is 0 Å². The Morgan fingerprint density at radius 1 is 1.17 bits per heavy atom. The van der Waals surface area contributed by atoms with Gasteiger partial charge in [-0.05, 0) is 36.2 Å². The van der Waals surface area contributed by atoms with E-state index in [4.69, 9.17) is 14.2 Å². The number of carbonyl (C=O) groups is 1. The lowest BCUT2D eigenvalue weighted by atomic mass is 9.88. The van der Waals surface area contributed by atoms with Crippen molar-refractivity contribution in [2.24, 2.45) is 11.8 Å². The second-order valence-electron chi connectivity index (χ2n) is 7.91. The summed E-state index contributed by atoms with van der Waals surface area (Å²) < 4.78 is 16.7. The van der Waals surface area contributed by atoms with Gasteiger partial charge in [0.2, 0.25) is 5.91 Å². The summed E-state index contributed by atoms with van der Waals surface area (Å²) in [7, 11) is 6.90. The molecule has 0 unspecified atom stereocenters. The van der Waals surface area contributed by atoms with Crippen molar-refractivity contribution in [3.63, 3.8) is 0 Å². The third kappa shape index (κ3) is 5.63. The summed E-state index contributed by atoms with van der Waals surface area (Å²) in [5.74, 6) is 2.56. The minimum atomic E-state index is -0.0450. The van der Waals surface area contributed by atoms with Crippen molar-refractivity contribution in [2.75, 3.05) is 48.0 Å². The van der Waals surface area contributed by atoms with E-state index in [1.807, 2.05) is 44.4 Å². The predicted molar refractivity (Wildman–Crippen MR) is 115 cm³/mol. The molecule has 0 aliphatic carbocycles. The lowest BCUT2D eigenvalue weighted by molar-refractivity contribution is -0.135. The summed E-state index contributed by atoms with van der Waals surface area (Å²) in [6.45, 7) is 2.90. The fourth-order valence-electron chi connectivity index (χ4n) is 3.98. The average Bonchev–Trinajstić information content (AvgIpc) is 2.77. The van der Waals surface area contributed by atoms with Crippen LogP contribution >= 0.6 is 0 Å². The molecule has 1 fully saturated rings. The molecule has 1 aromatic heterocycles. The molecule has 0 bridgehead atoms. The molecule has 7 nitrogen and oxygen atoms in total. The number of nitrogens with zero attached hydrogens (tertiary/aromatic N) is 3. The smallest absolute Gasteiger partial charge is 0.226 e. The molecule has 0 N–H and O–H groups in total. The third-order valence-corrected chi connectivity index (χ3v) is 5.38. The molecule has 30 heavy (non-hydrogen) atoms. The number of benzene rings is 1. The first kappa shape index (κ1) is 21.9. The largest absolute Gasteiger partial charge is 0.493 e. The Kier molecular flexibility index (Phi) is 7.52. The lowest BCUT2D eigenvalue weighted by Crippen LogP contribution is -2.47. The molecule has 1 saturated heterocycles. The number of hydrogen-bond acceptors (Lipinski definition) is 6. The van der Waals surface area contributed by atoms with E-state index in [0.717, 1.165) is 37.4 Å². The van der Waals surface area contributed by atoms with Crippen molar-refractivity contribution in [1.82, 2.24) is 14.8 Å². The molecule has 0 radical (unpaired) electrons. The van der Waals surface area contributed by atoms with Crippen molar-refractivity contribution in [2.45, 2.75) is 13.0 Å². The second kappa shape index (κ2) is 10.3. The number of ether oxygens (including phenoxy) is 3. The maximum Gasteiger partial charge on any atom is 0.226 e. The van der Waals surface area contributed by atoms with Gasteiger partial charge in [0, 0.05) is 45.8 Å². The summed E-state index contributed by atoms with van der Waals surface area (Å²) in [5.41, 5.74) is 1.12. The fourth-order valence-corrected chi connectivity index (χ4v) is 3.98. The fraction of sp³-hybridized carbons (Fsp3) is 0.478. The maximum atomic E-state index is 12.7. The van der Waals surface area contributed by atoms with Crippen molar-refractivity contribution < 1.29 is 19.0 Å². The van der Waals surface area contributed by atoms with Crippen LogP contribution in [-0.4, -0.2) is 68.7 Å². The van der Waals surface area contributed by atoms with Gasteiger partial charge in [-0.15, -0.1) is 0 Å². The number of hydrogen-bond donors (Lipinski definition) is 0. The first-order chi connectivity index (χ1) is 14.5. The lowest BCUT2D eigenvalue weighted by Gasteiger charge is -2.38. The quantitative estimate of drug-likeness (QED) is 0.663. The summed E-state index contributed by atoms with van der Waals surface area (Å²) in [5, 5.41) is 0. The number of amides is 1. The highest BCUT2D eigenvalue weighted by Crippen LogP contribution is 2.30. The second-order valence-corrected chi connectivity index (χ2v) is 7.91. The number of likely N-dealkylation sites (tertiary alicyclic amines) is 1. The number of aromatic nitrogens is 1. The molecule has 0 spiro atoms. The van der Waals surface area contributed by atoms with Crippen LogP contribution in [0.2, 0.25) is 0 Å². The van der Waals surface area contributed by atoms with Gasteiger partial charge in [0.1, 0.15) is 5.75 Å². The molecule has 1 aliphatic rings. The van der Waals surface area contributed by atoms with Crippen LogP contribution in [0.1, 0.15) is 12.0 Å². The highest BCUT2D eigenvalue weighted by Gasteiger charge is 2.33. The highest BCUT2D eigenvalue weighted by molar-refractivity contribution is 5.78. The van der Waals surface area contributed by atoms with E-state index in [-0.39, 0.29) is 17.7 Å². The van der Waals surface area contributed by atoms with Gasteiger partial charge in [0.05, 0.1) is 32.9 Å². The zero-order valence-corrected chi connectivity index (χ0v) is 18.2. The minimum absolute atomic E-state index is 0.0450. The number of pyridine rings is 1. The van der Waals surface area contributed by atoms with E-state index < -0.39 is 0 Å². The Morgan fingerprint density at radius 3 is 2.63 bits per heavy atom. The molecule has 2 atom stereocenters. The maximum absolute atomic E-state index is 12.7. The third-order valence-electron chi connectivity index (χ3n) is 5.38. The molecule has 1 aliphatic heterocycles. The van der Waals surface area contributed by atoms with E-state index in [1.165, 1.54) is 0 Å². The summed E-state index contributed by atoms with van der Waals surface area (Å²) in [6, 6.07) is 9.72. The molecular weight excluding hydrogens is 382 g/mol. The molecule has 7 heteroatoms. The van der Waals surface area contributed by atoms with E-state index >= 15 is 0 Å². The molecule has 2 aromatic rings. The van der Waals surface area contributed by atoms with E-state index in [2.05, 4.69) is 9.88 Å². The van der Waals surface area contributed by atoms with Crippen LogP contribution in [0.4, 0.5) is 0 Å². The highest BCUT2D eigenvalue weighted by atomic mass is 16.5. The van der Waals surface area contributed by atoms with Crippen LogP contribution in [0, 0.1) is 11.8 Å². The summed E-state index contributed by atoms with van der Waals surface area (Å²) in [4.78, 5) is 20.8. The van der Waals surface area contributed by atoms with Gasteiger partial charge in [-0.2, -0.15) is 0 Å². The van der Waals surface area contributed by atoms with E-state index in [0.29, 0.717) is 18.1 Å². The van der Waals surface area contributed by atoms with Crippen LogP contribution in [-0.2, 0) is 11.3 Å². The van der Waals surface area contributed by atoms with Crippen LogP contribution in [0.3, 0.4) is 0 Å². The Hall–Kier alpha value is -2.80. The van der Waals surface area contributed by atoms with Crippen LogP contribution < -0.4 is 14.2 Å². The number of piperidine rings is 1. The molecular formula is C23H31N3O4. The first-order valence-corrected chi connectivity index (χ1v) is 10.2. The standard InChI is InChI=1S/C23H31N3O4/c1-25(2)23(27)19-10-18(16-30-20-6-5-9-24-12-20)14-26(15-19)13-17-7-8-21(28-3)22(11-17)29-4/h5-9,11-12,18-19H,10,13-16H2,1-4H3/t18-,19+/m0/s1. The van der Waals surface area contributed by atoms with Gasteiger partial charge < -0.3 is 19.1 Å². The monoisotopic (exact) mass is 413 g/mol. The van der Waals surface area contributed by atoms with Crippen molar-refractivity contribution in [3.05, 3.63) is 48.3 Å². The van der Waals surface area contributed by atoms with Crippen molar-refractivity contribution in [1.29, 1.82) is 0 Å². The minimum Gasteiger partial charge on any atom is -0.493 e. The number of carbonyl (C=O) groups excluding carboxylic acids is 1. The van der Waals surface area contributed by atoms with Gasteiger partial charge >= 0.3 is 0 Å². The Labute approximate surface area is 178 Å². The molecule has 2 heterocycles. The topological polar surface area (TPSA) is 64.1 Å². The van der Waals surface area contributed by atoms with Gasteiger partial charge in [0.25, 0.3) is 0 Å². The predicted octanol–water partition coefficient (Wildman–Crippen LogP) is 2.70. The van der Waals surface area contributed by atoms with Gasteiger partial charge in [0.15, 0.2) is 11.5 Å². The Bertz CT molecular complexity index is 828. The van der Waals surface area contributed by atoms with E-state index in [1.54, 1.807) is 31.5 Å². The molecule has 1 aromatic carbocycles. The average molecular weight is 414 g/mol. The van der Waals surface area contributed by atoms with E-state index in [9.17, 15) is 4.79 Å². The Balaban J connectivity index is 1.71. The number of methoxy groups -OCH3 is 2. The molecule has 0 saturated carbocycles. The SMILES string of the molecule is COc1ccc(CN2C[C@@H](COc3cccnc3)C[C@@H](C(=O)N(C)C)C2)cc1OC. The zero-order valence-electron chi connectivity index (χ0n) is 18.2. The molecule has 162 valence electrons. The van der Waals surface area contributed by atoms with Crippen LogP contribution in [0.5, 0.6) is 17.2 Å². The summed E-state index contributed by atoms with van der Waals surface area (Å²) >= 11 is 0. The van der Waals surface area contributed by atoms with Gasteiger partial charge in [-0.1, -0.05) is 6.07 Å². The Morgan fingerprint density at radius 2 is 1.97 bits per heavy atom. The van der Waals surface area contributed by atoms with Crippen LogP contribution in [0.15, 0.2) is 42.7 Å².